The summed E-state index contributed by atoms with van der Waals surface area (Å²) in [6.07, 6.45) is 3.75. The van der Waals surface area contributed by atoms with Crippen molar-refractivity contribution in [3.63, 3.8) is 0 Å². The van der Waals surface area contributed by atoms with Gasteiger partial charge in [0.15, 0.2) is 0 Å². The monoisotopic (exact) mass is 321 g/mol. The van der Waals surface area contributed by atoms with Crippen LogP contribution in [0.25, 0.3) is 6.08 Å². The second-order valence-corrected chi connectivity index (χ2v) is 6.14. The molecule has 0 aliphatic carbocycles. The van der Waals surface area contributed by atoms with Gasteiger partial charge in [-0.15, -0.1) is 0 Å². The molecule has 1 heterocycles. The van der Waals surface area contributed by atoms with Crippen LogP contribution in [0.15, 0.2) is 77.2 Å². The Morgan fingerprint density at radius 2 is 1.57 bits per heavy atom. The SMILES string of the molecule is CC(/C=C1\SC(=O)N(c2ccccc2)C1=O)=C\c1ccccc1. The first kappa shape index (κ1) is 15.3. The molecular formula is C19H15NO2S. The largest absolute Gasteiger partial charge is 0.298 e. The number of rotatable bonds is 3. The summed E-state index contributed by atoms with van der Waals surface area (Å²) in [5, 5.41) is -0.264. The van der Waals surface area contributed by atoms with Crippen molar-refractivity contribution in [2.24, 2.45) is 0 Å². The number of para-hydroxylation sites is 1. The lowest BCUT2D eigenvalue weighted by atomic mass is 10.1. The van der Waals surface area contributed by atoms with Crippen LogP contribution in [0.1, 0.15) is 12.5 Å². The maximum atomic E-state index is 12.5. The number of carbonyl (C=O) groups is 2. The fourth-order valence-corrected chi connectivity index (χ4v) is 3.22. The molecule has 0 unspecified atom stereocenters. The predicted octanol–water partition coefficient (Wildman–Crippen LogP) is 4.87. The van der Waals surface area contributed by atoms with Gasteiger partial charge < -0.3 is 0 Å². The summed E-state index contributed by atoms with van der Waals surface area (Å²) in [6.45, 7) is 1.92. The van der Waals surface area contributed by atoms with Crippen LogP contribution in [0.4, 0.5) is 10.5 Å². The molecule has 0 atom stereocenters. The van der Waals surface area contributed by atoms with Crippen molar-refractivity contribution in [2.75, 3.05) is 4.90 Å². The van der Waals surface area contributed by atoms with Gasteiger partial charge in [-0.25, -0.2) is 4.90 Å². The summed E-state index contributed by atoms with van der Waals surface area (Å²) in [6, 6.07) is 18.8. The van der Waals surface area contributed by atoms with Gasteiger partial charge >= 0.3 is 0 Å². The zero-order chi connectivity index (χ0) is 16.2. The highest BCUT2D eigenvalue weighted by Crippen LogP contribution is 2.35. The molecule has 0 spiro atoms. The molecule has 1 aliphatic heterocycles. The predicted molar refractivity (Wildman–Crippen MR) is 95.1 cm³/mol. The Hall–Kier alpha value is -2.59. The van der Waals surface area contributed by atoms with Gasteiger partial charge in [0.25, 0.3) is 11.1 Å². The topological polar surface area (TPSA) is 37.4 Å². The molecule has 0 bridgehead atoms. The second kappa shape index (κ2) is 6.67. The molecule has 3 nitrogen and oxygen atoms in total. The molecule has 3 rings (SSSR count). The van der Waals surface area contributed by atoms with E-state index in [1.54, 1.807) is 18.2 Å². The molecule has 1 saturated heterocycles. The summed E-state index contributed by atoms with van der Waals surface area (Å²) in [5.74, 6) is -0.271. The summed E-state index contributed by atoms with van der Waals surface area (Å²) in [4.78, 5) is 26.3. The molecule has 2 aromatic carbocycles. The van der Waals surface area contributed by atoms with E-state index in [-0.39, 0.29) is 11.1 Å². The van der Waals surface area contributed by atoms with Crippen LogP contribution in [0.5, 0.6) is 0 Å². The Morgan fingerprint density at radius 1 is 0.957 bits per heavy atom. The lowest BCUT2D eigenvalue weighted by Gasteiger charge is -2.11. The first-order valence-electron chi connectivity index (χ1n) is 7.21. The van der Waals surface area contributed by atoms with Gasteiger partial charge in [0.05, 0.1) is 10.6 Å². The summed E-state index contributed by atoms with van der Waals surface area (Å²) in [7, 11) is 0. The highest BCUT2D eigenvalue weighted by atomic mass is 32.2. The van der Waals surface area contributed by atoms with Crippen molar-refractivity contribution in [1.29, 1.82) is 0 Å². The van der Waals surface area contributed by atoms with Gasteiger partial charge in [0.2, 0.25) is 0 Å². The number of hydrogen-bond donors (Lipinski definition) is 0. The van der Waals surface area contributed by atoms with Crippen LogP contribution in [0.2, 0.25) is 0 Å². The molecule has 0 saturated carbocycles. The van der Waals surface area contributed by atoms with E-state index in [9.17, 15) is 9.59 Å². The average molecular weight is 321 g/mol. The Morgan fingerprint density at radius 3 is 2.22 bits per heavy atom. The van der Waals surface area contributed by atoms with Crippen molar-refractivity contribution >= 4 is 34.7 Å². The summed E-state index contributed by atoms with van der Waals surface area (Å²) >= 11 is 0.973. The molecule has 114 valence electrons. The third kappa shape index (κ3) is 3.43. The van der Waals surface area contributed by atoms with Crippen LogP contribution >= 0.6 is 11.8 Å². The molecule has 0 radical (unpaired) electrons. The van der Waals surface area contributed by atoms with E-state index in [1.165, 1.54) is 4.90 Å². The number of nitrogens with zero attached hydrogens (tertiary/aromatic N) is 1. The summed E-state index contributed by atoms with van der Waals surface area (Å²) in [5.41, 5.74) is 2.58. The van der Waals surface area contributed by atoms with Gasteiger partial charge in [-0.3, -0.25) is 9.59 Å². The van der Waals surface area contributed by atoms with E-state index in [0.29, 0.717) is 10.6 Å². The fraction of sp³-hybridized carbons (Fsp3) is 0.0526. The number of hydrogen-bond acceptors (Lipinski definition) is 3. The van der Waals surface area contributed by atoms with Crippen molar-refractivity contribution < 1.29 is 9.59 Å². The van der Waals surface area contributed by atoms with Gasteiger partial charge in [0.1, 0.15) is 0 Å². The Kier molecular flexibility index (Phi) is 4.44. The second-order valence-electron chi connectivity index (χ2n) is 5.15. The van der Waals surface area contributed by atoms with Crippen LogP contribution < -0.4 is 4.90 Å². The van der Waals surface area contributed by atoms with Crippen LogP contribution in [0, 0.1) is 0 Å². The smallest absolute Gasteiger partial charge is 0.268 e. The minimum Gasteiger partial charge on any atom is -0.268 e. The zero-order valence-electron chi connectivity index (χ0n) is 12.6. The standard InChI is InChI=1S/C19H15NO2S/c1-14(12-15-8-4-2-5-9-15)13-17-18(21)20(19(22)23-17)16-10-6-3-7-11-16/h2-13H,1H3/b14-12+,17-13-. The number of anilines is 1. The van der Waals surface area contributed by atoms with Crippen molar-refractivity contribution in [2.45, 2.75) is 6.92 Å². The quantitative estimate of drug-likeness (QED) is 0.757. The normalized spacial score (nSPS) is 17.2. The zero-order valence-corrected chi connectivity index (χ0v) is 13.4. The van der Waals surface area contributed by atoms with E-state index in [2.05, 4.69) is 0 Å². The van der Waals surface area contributed by atoms with Gasteiger partial charge in [-0.1, -0.05) is 54.6 Å². The molecule has 2 aromatic rings. The minimum absolute atomic E-state index is 0.264. The summed E-state index contributed by atoms with van der Waals surface area (Å²) < 4.78 is 0. The Balaban J connectivity index is 1.86. The van der Waals surface area contributed by atoms with E-state index in [1.807, 2.05) is 61.5 Å². The fourth-order valence-electron chi connectivity index (χ4n) is 2.33. The van der Waals surface area contributed by atoms with Crippen molar-refractivity contribution in [1.82, 2.24) is 0 Å². The first-order valence-corrected chi connectivity index (χ1v) is 8.03. The lowest BCUT2D eigenvalue weighted by Crippen LogP contribution is -2.27. The van der Waals surface area contributed by atoms with E-state index in [4.69, 9.17) is 0 Å². The van der Waals surface area contributed by atoms with Gasteiger partial charge in [-0.2, -0.15) is 0 Å². The third-order valence-corrected chi connectivity index (χ3v) is 4.23. The number of thioether (sulfide) groups is 1. The number of amides is 2. The average Bonchev–Trinajstić information content (AvgIpc) is 2.83. The molecule has 0 N–H and O–H groups in total. The van der Waals surface area contributed by atoms with E-state index >= 15 is 0 Å². The first-order chi connectivity index (χ1) is 11.1. The molecular weight excluding hydrogens is 306 g/mol. The number of benzene rings is 2. The molecule has 1 aliphatic rings. The van der Waals surface area contributed by atoms with Crippen molar-refractivity contribution in [3.8, 4) is 0 Å². The molecule has 4 heteroatoms. The van der Waals surface area contributed by atoms with E-state index in [0.717, 1.165) is 22.9 Å². The number of imide groups is 1. The van der Waals surface area contributed by atoms with Crippen LogP contribution in [0.3, 0.4) is 0 Å². The maximum absolute atomic E-state index is 12.5. The third-order valence-electron chi connectivity index (χ3n) is 3.36. The number of allylic oxidation sites excluding steroid dienone is 2. The molecule has 0 aromatic heterocycles. The highest BCUT2D eigenvalue weighted by Gasteiger charge is 2.36. The van der Waals surface area contributed by atoms with Crippen LogP contribution in [-0.4, -0.2) is 11.1 Å². The van der Waals surface area contributed by atoms with E-state index < -0.39 is 0 Å². The van der Waals surface area contributed by atoms with Gasteiger partial charge in [-0.05, 0) is 48.0 Å². The number of carbonyl (C=O) groups excluding carboxylic acids is 2. The van der Waals surface area contributed by atoms with Gasteiger partial charge in [0, 0.05) is 0 Å². The Labute approximate surface area is 139 Å². The molecule has 2 amide bonds. The lowest BCUT2D eigenvalue weighted by molar-refractivity contribution is -0.113. The Bertz CT molecular complexity index is 795. The molecule has 1 fully saturated rings. The minimum atomic E-state index is -0.271. The molecule has 23 heavy (non-hydrogen) atoms. The maximum Gasteiger partial charge on any atom is 0.298 e. The highest BCUT2D eigenvalue weighted by molar-refractivity contribution is 8.18. The van der Waals surface area contributed by atoms with Crippen molar-refractivity contribution in [3.05, 3.63) is 82.8 Å². The van der Waals surface area contributed by atoms with Crippen LogP contribution in [-0.2, 0) is 4.79 Å².